The van der Waals surface area contributed by atoms with Gasteiger partial charge in [-0.1, -0.05) is 18.1 Å². The lowest BCUT2D eigenvalue weighted by molar-refractivity contribution is 0.228. The number of benzene rings is 2. The highest BCUT2D eigenvalue weighted by molar-refractivity contribution is 5.94. The molecule has 1 aliphatic rings. The minimum absolute atomic E-state index is 0.862. The van der Waals surface area contributed by atoms with E-state index < -0.39 is 0 Å². The van der Waals surface area contributed by atoms with Gasteiger partial charge >= 0.3 is 0 Å². The molecule has 0 radical (unpaired) electrons. The van der Waals surface area contributed by atoms with Gasteiger partial charge in [-0.15, -0.1) is 0 Å². The molecule has 4 rings (SSSR count). The predicted molar refractivity (Wildman–Crippen MR) is 122 cm³/mol. The number of aromatic nitrogens is 1. The smallest absolute Gasteiger partial charge is 0.118 e. The van der Waals surface area contributed by atoms with Crippen molar-refractivity contribution in [2.75, 3.05) is 38.6 Å². The largest absolute Gasteiger partial charge is 0.497 e. The summed E-state index contributed by atoms with van der Waals surface area (Å²) in [7, 11) is 1.69. The van der Waals surface area contributed by atoms with Crippen molar-refractivity contribution in [1.29, 1.82) is 0 Å². The third-order valence-electron chi connectivity index (χ3n) is 5.77. The molecule has 0 atom stereocenters. The summed E-state index contributed by atoms with van der Waals surface area (Å²) in [6.45, 7) is 6.82. The second kappa shape index (κ2) is 9.27. The van der Waals surface area contributed by atoms with Crippen molar-refractivity contribution in [3.63, 3.8) is 0 Å². The number of aryl methyl sites for hydroxylation is 1. The molecule has 2 aromatic carbocycles. The van der Waals surface area contributed by atoms with Crippen molar-refractivity contribution < 1.29 is 4.74 Å². The number of piperidine rings is 1. The molecule has 29 heavy (non-hydrogen) atoms. The molecule has 0 aliphatic carbocycles. The Hall–Kier alpha value is -2.59. The average Bonchev–Trinajstić information content (AvgIpc) is 2.77. The van der Waals surface area contributed by atoms with Crippen molar-refractivity contribution in [3.8, 4) is 17.0 Å². The summed E-state index contributed by atoms with van der Waals surface area (Å²) in [6, 6.07) is 16.8. The zero-order valence-corrected chi connectivity index (χ0v) is 17.6. The van der Waals surface area contributed by atoms with E-state index in [-0.39, 0.29) is 0 Å². The lowest BCUT2D eigenvalue weighted by atomic mass is 10.1. The fraction of sp³-hybridized carbons (Fsp3) is 0.400. The minimum Gasteiger partial charge on any atom is -0.497 e. The van der Waals surface area contributed by atoms with Gasteiger partial charge in [-0.3, -0.25) is 0 Å². The molecule has 0 saturated carbocycles. The molecular weight excluding hydrogens is 358 g/mol. The first kappa shape index (κ1) is 19.7. The number of ether oxygens (including phenoxy) is 1. The van der Waals surface area contributed by atoms with Gasteiger partial charge < -0.3 is 15.0 Å². The molecule has 3 aromatic rings. The van der Waals surface area contributed by atoms with Crippen molar-refractivity contribution in [3.05, 3.63) is 54.1 Å². The first-order chi connectivity index (χ1) is 14.2. The van der Waals surface area contributed by atoms with Crippen molar-refractivity contribution >= 4 is 16.6 Å². The zero-order chi connectivity index (χ0) is 20.1. The summed E-state index contributed by atoms with van der Waals surface area (Å²) >= 11 is 0. The van der Waals surface area contributed by atoms with Crippen LogP contribution in [0.5, 0.6) is 5.75 Å². The van der Waals surface area contributed by atoms with Crippen LogP contribution in [0.3, 0.4) is 0 Å². The molecule has 1 aliphatic heterocycles. The average molecular weight is 390 g/mol. The van der Waals surface area contributed by atoms with E-state index in [1.54, 1.807) is 7.11 Å². The lowest BCUT2D eigenvalue weighted by Crippen LogP contribution is -2.31. The summed E-state index contributed by atoms with van der Waals surface area (Å²) in [6.07, 6.45) is 5.26. The van der Waals surface area contributed by atoms with Gasteiger partial charge in [0, 0.05) is 23.2 Å². The van der Waals surface area contributed by atoms with Gasteiger partial charge in [0.15, 0.2) is 0 Å². The maximum absolute atomic E-state index is 5.29. The number of nitrogens with zero attached hydrogens (tertiary/aromatic N) is 2. The highest BCUT2D eigenvalue weighted by atomic mass is 16.5. The number of methoxy groups -OCH3 is 1. The molecule has 152 valence electrons. The quantitative estimate of drug-likeness (QED) is 0.541. The van der Waals surface area contributed by atoms with Gasteiger partial charge in [0.05, 0.1) is 18.3 Å². The molecule has 4 nitrogen and oxygen atoms in total. The van der Waals surface area contributed by atoms with E-state index in [0.717, 1.165) is 35.5 Å². The number of anilines is 1. The molecule has 1 aromatic heterocycles. The second-order valence-electron chi connectivity index (χ2n) is 7.99. The molecule has 1 saturated heterocycles. The molecule has 2 heterocycles. The highest BCUT2D eigenvalue weighted by Gasteiger charge is 2.11. The molecule has 1 fully saturated rings. The molecule has 0 amide bonds. The number of hydrogen-bond donors (Lipinski definition) is 1. The number of nitrogens with one attached hydrogen (secondary N) is 1. The van der Waals surface area contributed by atoms with E-state index in [2.05, 4.69) is 53.5 Å². The van der Waals surface area contributed by atoms with Crippen LogP contribution in [0.2, 0.25) is 0 Å². The summed E-state index contributed by atoms with van der Waals surface area (Å²) < 4.78 is 5.29. The molecule has 0 bridgehead atoms. The van der Waals surface area contributed by atoms with E-state index in [0.29, 0.717) is 0 Å². The van der Waals surface area contributed by atoms with Gasteiger partial charge in [0.1, 0.15) is 5.75 Å². The third kappa shape index (κ3) is 4.88. The molecule has 0 spiro atoms. The summed E-state index contributed by atoms with van der Waals surface area (Å²) in [4.78, 5) is 7.52. The Bertz CT molecular complexity index is 946. The van der Waals surface area contributed by atoms with Crippen molar-refractivity contribution in [1.82, 2.24) is 9.88 Å². The Balaban J connectivity index is 1.54. The van der Waals surface area contributed by atoms with Crippen LogP contribution in [-0.2, 0) is 0 Å². The van der Waals surface area contributed by atoms with Crippen LogP contribution in [0, 0.1) is 6.92 Å². The first-order valence-electron chi connectivity index (χ1n) is 10.7. The monoisotopic (exact) mass is 389 g/mol. The number of rotatable bonds is 7. The Labute approximate surface area is 173 Å². The Kier molecular flexibility index (Phi) is 6.30. The van der Waals surface area contributed by atoms with Gasteiger partial charge in [-0.2, -0.15) is 0 Å². The van der Waals surface area contributed by atoms with Gasteiger partial charge in [-0.25, -0.2) is 4.98 Å². The second-order valence-corrected chi connectivity index (χ2v) is 7.99. The van der Waals surface area contributed by atoms with Gasteiger partial charge in [0.2, 0.25) is 0 Å². The first-order valence-corrected chi connectivity index (χ1v) is 10.7. The van der Waals surface area contributed by atoms with E-state index in [1.807, 2.05) is 12.1 Å². The van der Waals surface area contributed by atoms with Crippen LogP contribution < -0.4 is 10.1 Å². The number of pyridine rings is 1. The Morgan fingerprint density at radius 2 is 1.79 bits per heavy atom. The summed E-state index contributed by atoms with van der Waals surface area (Å²) in [5, 5.41) is 4.89. The van der Waals surface area contributed by atoms with E-state index >= 15 is 0 Å². The highest BCUT2D eigenvalue weighted by Crippen LogP contribution is 2.30. The third-order valence-corrected chi connectivity index (χ3v) is 5.77. The fourth-order valence-electron chi connectivity index (χ4n) is 4.10. The minimum atomic E-state index is 0.862. The van der Waals surface area contributed by atoms with Crippen molar-refractivity contribution in [2.45, 2.75) is 32.6 Å². The van der Waals surface area contributed by atoms with E-state index in [1.165, 1.54) is 55.5 Å². The summed E-state index contributed by atoms with van der Waals surface area (Å²) in [5.41, 5.74) is 5.55. The topological polar surface area (TPSA) is 37.4 Å². The van der Waals surface area contributed by atoms with Crippen LogP contribution in [0.15, 0.2) is 48.5 Å². The van der Waals surface area contributed by atoms with Gasteiger partial charge in [-0.05, 0) is 88.3 Å². The maximum atomic E-state index is 5.29. The van der Waals surface area contributed by atoms with Crippen molar-refractivity contribution in [2.24, 2.45) is 0 Å². The predicted octanol–water partition coefficient (Wildman–Crippen LogP) is 5.51. The van der Waals surface area contributed by atoms with Crippen LogP contribution in [0.25, 0.3) is 22.2 Å². The van der Waals surface area contributed by atoms with Crippen LogP contribution in [0.1, 0.15) is 31.2 Å². The van der Waals surface area contributed by atoms with Crippen LogP contribution in [0.4, 0.5) is 5.69 Å². The Morgan fingerprint density at radius 3 is 2.55 bits per heavy atom. The standard InChI is InChI=1S/C25H31N3O/c1-19-7-12-23-22(17-19)25(26-13-6-16-28-14-4-3-5-15-28)18-24(27-23)20-8-10-21(29-2)11-9-20/h7-12,17-18H,3-6,13-16H2,1-2H3,(H,26,27). The zero-order valence-electron chi connectivity index (χ0n) is 17.6. The number of likely N-dealkylation sites (tertiary alicyclic amines) is 1. The Morgan fingerprint density at radius 1 is 1.00 bits per heavy atom. The molecular formula is C25H31N3O. The van der Waals surface area contributed by atoms with Crippen LogP contribution in [-0.4, -0.2) is 43.2 Å². The molecule has 4 heteroatoms. The summed E-state index contributed by atoms with van der Waals surface area (Å²) in [5.74, 6) is 0.862. The normalized spacial score (nSPS) is 14.8. The lowest BCUT2D eigenvalue weighted by Gasteiger charge is -2.26. The van der Waals surface area contributed by atoms with E-state index in [4.69, 9.17) is 9.72 Å². The van der Waals surface area contributed by atoms with E-state index in [9.17, 15) is 0 Å². The van der Waals surface area contributed by atoms with Crippen LogP contribution >= 0.6 is 0 Å². The molecule has 0 unspecified atom stereocenters. The number of hydrogen-bond acceptors (Lipinski definition) is 4. The SMILES string of the molecule is COc1ccc(-c2cc(NCCCN3CCCCC3)c3cc(C)ccc3n2)cc1. The fourth-order valence-corrected chi connectivity index (χ4v) is 4.10. The number of fused-ring (bicyclic) bond motifs is 1. The maximum Gasteiger partial charge on any atom is 0.118 e. The van der Waals surface area contributed by atoms with Gasteiger partial charge in [0.25, 0.3) is 0 Å². The molecule has 1 N–H and O–H groups in total.